The van der Waals surface area contributed by atoms with Crippen LogP contribution in [0.3, 0.4) is 0 Å². The van der Waals surface area contributed by atoms with Crippen LogP contribution < -0.4 is 5.32 Å². The lowest BCUT2D eigenvalue weighted by atomic mass is 9.97. The third kappa shape index (κ3) is 10.7. The zero-order valence-electron chi connectivity index (χ0n) is 29.9. The molecule has 51 heavy (non-hydrogen) atoms. The van der Waals surface area contributed by atoms with Crippen LogP contribution in [0, 0.1) is 0 Å². The smallest absolute Gasteiger partial charge is 0.303 e. The summed E-state index contributed by atoms with van der Waals surface area (Å²) in [5.41, 5.74) is 6.15. The van der Waals surface area contributed by atoms with Gasteiger partial charge in [0.2, 0.25) is 5.91 Å². The molecule has 3 heterocycles. The molecule has 0 bridgehead atoms. The van der Waals surface area contributed by atoms with E-state index >= 15 is 0 Å². The minimum absolute atomic E-state index is 0.0105. The molecule has 4 unspecified atom stereocenters. The predicted octanol–water partition coefficient (Wildman–Crippen LogP) is 6.99. The van der Waals surface area contributed by atoms with Gasteiger partial charge in [-0.3, -0.25) is 14.5 Å². The summed E-state index contributed by atoms with van der Waals surface area (Å²) in [6, 6.07) is 25.2. The zero-order chi connectivity index (χ0) is 35.4. The van der Waals surface area contributed by atoms with E-state index in [2.05, 4.69) is 63.6 Å². The standard InChI is InChI=1S/C42H55N3O6/c46-30-31-15-17-33(18-16-31)39-26-37(29-45-25-9-11-36(45)28-44-23-7-8-24-44)50-42(51-39)34-21-19-32(20-22-34)38-12-6-5-10-35(38)27-43-40(47)13-3-1-2-4-14-41(48)49/h5-6,10,12,15-22,36-37,39,42,46H,1-4,7-9,11,13-14,23-30H2,(H,43,47)(H,48,49). The number of hydrogen-bond acceptors (Lipinski definition) is 7. The molecule has 0 saturated carbocycles. The summed E-state index contributed by atoms with van der Waals surface area (Å²) >= 11 is 0. The Morgan fingerprint density at radius 2 is 1.51 bits per heavy atom. The molecule has 0 spiro atoms. The summed E-state index contributed by atoms with van der Waals surface area (Å²) in [6.45, 7) is 6.07. The number of ether oxygens (including phenoxy) is 2. The van der Waals surface area contributed by atoms with Crippen molar-refractivity contribution in [2.75, 3.05) is 32.7 Å². The van der Waals surface area contributed by atoms with Crippen molar-refractivity contribution >= 4 is 11.9 Å². The number of nitrogens with one attached hydrogen (secondary N) is 1. The SMILES string of the molecule is O=C(O)CCCCCCC(=O)NCc1ccccc1-c1ccc(C2OC(CN3CCCC3CN3CCCC3)CC(c3ccc(CO)cc3)O2)cc1. The van der Waals surface area contributed by atoms with Crippen LogP contribution >= 0.6 is 0 Å². The lowest BCUT2D eigenvalue weighted by Gasteiger charge is -2.39. The fourth-order valence-electron chi connectivity index (χ4n) is 7.87. The van der Waals surface area contributed by atoms with Gasteiger partial charge in [-0.25, -0.2) is 0 Å². The van der Waals surface area contributed by atoms with Gasteiger partial charge in [0.25, 0.3) is 0 Å². The van der Waals surface area contributed by atoms with Gasteiger partial charge in [0.15, 0.2) is 6.29 Å². The molecule has 9 nitrogen and oxygen atoms in total. The summed E-state index contributed by atoms with van der Waals surface area (Å²) in [4.78, 5) is 28.5. The van der Waals surface area contributed by atoms with E-state index in [1.54, 1.807) is 0 Å². The maximum atomic E-state index is 12.6. The first-order valence-electron chi connectivity index (χ1n) is 19.1. The molecule has 3 saturated heterocycles. The first-order chi connectivity index (χ1) is 24.9. The minimum Gasteiger partial charge on any atom is -0.481 e. The fraction of sp³-hybridized carbons (Fsp3) is 0.524. The van der Waals surface area contributed by atoms with Crippen LogP contribution in [0.5, 0.6) is 0 Å². The maximum absolute atomic E-state index is 12.6. The van der Waals surface area contributed by atoms with E-state index in [1.165, 1.54) is 38.8 Å². The number of likely N-dealkylation sites (tertiary alicyclic amines) is 2. The number of carbonyl (C=O) groups is 2. The molecule has 6 rings (SSSR count). The van der Waals surface area contributed by atoms with Crippen molar-refractivity contribution in [3.8, 4) is 11.1 Å². The second-order valence-corrected chi connectivity index (χ2v) is 14.5. The number of rotatable bonds is 17. The number of unbranched alkanes of at least 4 members (excludes halogenated alkanes) is 3. The molecule has 1 amide bonds. The van der Waals surface area contributed by atoms with Crippen molar-refractivity contribution in [2.45, 2.75) is 108 Å². The number of carboxylic acids is 1. The van der Waals surface area contributed by atoms with Crippen molar-refractivity contribution in [1.29, 1.82) is 0 Å². The van der Waals surface area contributed by atoms with E-state index in [4.69, 9.17) is 14.6 Å². The van der Waals surface area contributed by atoms with Crippen LogP contribution in [-0.4, -0.2) is 76.8 Å². The van der Waals surface area contributed by atoms with Crippen molar-refractivity contribution in [2.24, 2.45) is 0 Å². The van der Waals surface area contributed by atoms with E-state index in [-0.39, 0.29) is 31.1 Å². The number of aliphatic carboxylic acids is 1. The Morgan fingerprint density at radius 1 is 0.784 bits per heavy atom. The van der Waals surface area contributed by atoms with E-state index in [9.17, 15) is 14.7 Å². The molecule has 9 heteroatoms. The van der Waals surface area contributed by atoms with Gasteiger partial charge in [0, 0.05) is 50.5 Å². The highest BCUT2D eigenvalue weighted by Gasteiger charge is 2.36. The average Bonchev–Trinajstić information content (AvgIpc) is 3.84. The van der Waals surface area contributed by atoms with Gasteiger partial charge in [0.1, 0.15) is 0 Å². The van der Waals surface area contributed by atoms with Crippen LogP contribution in [0.1, 0.15) is 105 Å². The predicted molar refractivity (Wildman–Crippen MR) is 198 cm³/mol. The summed E-state index contributed by atoms with van der Waals surface area (Å²) in [5.74, 6) is -0.758. The van der Waals surface area contributed by atoms with Gasteiger partial charge in [-0.05, 0) is 86.0 Å². The monoisotopic (exact) mass is 697 g/mol. The van der Waals surface area contributed by atoms with Crippen molar-refractivity contribution in [3.05, 3.63) is 95.1 Å². The largest absolute Gasteiger partial charge is 0.481 e. The number of nitrogens with zero attached hydrogens (tertiary/aromatic N) is 2. The second kappa shape index (κ2) is 18.8. The number of aliphatic hydroxyl groups is 1. The third-order valence-corrected chi connectivity index (χ3v) is 10.8. The number of amides is 1. The Labute approximate surface area is 302 Å². The molecule has 0 aromatic heterocycles. The van der Waals surface area contributed by atoms with Gasteiger partial charge < -0.3 is 29.9 Å². The number of carboxylic acid groups (broad SMARTS) is 1. The number of hydrogen-bond donors (Lipinski definition) is 3. The summed E-state index contributed by atoms with van der Waals surface area (Å²) in [5, 5.41) is 21.5. The second-order valence-electron chi connectivity index (χ2n) is 14.5. The Kier molecular flexibility index (Phi) is 13.7. The summed E-state index contributed by atoms with van der Waals surface area (Å²) in [6.07, 6.45) is 9.02. The zero-order valence-corrected chi connectivity index (χ0v) is 29.9. The highest BCUT2D eigenvalue weighted by molar-refractivity contribution is 5.76. The third-order valence-electron chi connectivity index (χ3n) is 10.8. The summed E-state index contributed by atoms with van der Waals surface area (Å²) < 4.78 is 13.4. The van der Waals surface area contributed by atoms with Crippen molar-refractivity contribution in [1.82, 2.24) is 15.1 Å². The Bertz CT molecular complexity index is 1540. The Balaban J connectivity index is 1.10. The van der Waals surface area contributed by atoms with Crippen LogP contribution in [0.2, 0.25) is 0 Å². The molecule has 3 aliphatic rings. The van der Waals surface area contributed by atoms with Gasteiger partial charge in [-0.1, -0.05) is 85.6 Å². The highest BCUT2D eigenvalue weighted by atomic mass is 16.7. The van der Waals surface area contributed by atoms with Crippen molar-refractivity contribution < 1.29 is 29.3 Å². The molecule has 0 aliphatic carbocycles. The molecule has 4 atom stereocenters. The molecule has 3 aliphatic heterocycles. The van der Waals surface area contributed by atoms with Crippen LogP contribution in [0.15, 0.2) is 72.8 Å². The first kappa shape index (κ1) is 37.2. The maximum Gasteiger partial charge on any atom is 0.303 e. The normalized spacial score (nSPS) is 22.7. The van der Waals surface area contributed by atoms with Gasteiger partial charge in [0.05, 0.1) is 18.8 Å². The molecular formula is C42H55N3O6. The van der Waals surface area contributed by atoms with Crippen LogP contribution in [-0.2, 0) is 32.2 Å². The average molecular weight is 698 g/mol. The lowest BCUT2D eigenvalue weighted by molar-refractivity contribution is -0.253. The quantitative estimate of drug-likeness (QED) is 0.130. The van der Waals surface area contributed by atoms with E-state index in [0.29, 0.717) is 25.4 Å². The number of benzene rings is 3. The lowest BCUT2D eigenvalue weighted by Crippen LogP contribution is -2.45. The summed E-state index contributed by atoms with van der Waals surface area (Å²) in [7, 11) is 0. The number of aliphatic hydroxyl groups excluding tert-OH is 1. The molecule has 0 radical (unpaired) electrons. The highest BCUT2D eigenvalue weighted by Crippen LogP contribution is 2.39. The first-order valence-corrected chi connectivity index (χ1v) is 19.1. The van der Waals surface area contributed by atoms with Crippen LogP contribution in [0.25, 0.3) is 11.1 Å². The number of carbonyl (C=O) groups excluding carboxylic acids is 1. The van der Waals surface area contributed by atoms with E-state index in [0.717, 1.165) is 78.7 Å². The molecular weight excluding hydrogens is 642 g/mol. The fourth-order valence-corrected chi connectivity index (χ4v) is 7.87. The Hall–Kier alpha value is -3.60. The molecule has 274 valence electrons. The topological polar surface area (TPSA) is 112 Å². The van der Waals surface area contributed by atoms with E-state index < -0.39 is 12.3 Å². The molecule has 3 N–H and O–H groups in total. The van der Waals surface area contributed by atoms with Gasteiger partial charge >= 0.3 is 5.97 Å². The van der Waals surface area contributed by atoms with E-state index in [1.807, 2.05) is 24.3 Å². The Morgan fingerprint density at radius 3 is 2.25 bits per heavy atom. The van der Waals surface area contributed by atoms with Crippen molar-refractivity contribution in [3.63, 3.8) is 0 Å². The van der Waals surface area contributed by atoms with Gasteiger partial charge in [-0.15, -0.1) is 0 Å². The molecule has 3 aromatic rings. The van der Waals surface area contributed by atoms with Crippen LogP contribution in [0.4, 0.5) is 0 Å². The van der Waals surface area contributed by atoms with Gasteiger partial charge in [-0.2, -0.15) is 0 Å². The minimum atomic E-state index is -0.769. The molecule has 3 aromatic carbocycles. The molecule has 3 fully saturated rings.